The lowest BCUT2D eigenvalue weighted by Crippen LogP contribution is -2.36. The van der Waals surface area contributed by atoms with Crippen molar-refractivity contribution >= 4 is 12.6 Å². The van der Waals surface area contributed by atoms with E-state index in [1.807, 2.05) is 6.20 Å². The monoisotopic (exact) mass is 220 g/mol. The van der Waals surface area contributed by atoms with E-state index in [2.05, 4.69) is 30.6 Å². The van der Waals surface area contributed by atoms with Gasteiger partial charge in [0.15, 0.2) is 0 Å². The second-order valence-electron chi connectivity index (χ2n) is 5.20. The molecule has 5 heteroatoms. The van der Waals surface area contributed by atoms with Crippen LogP contribution in [0.1, 0.15) is 32.9 Å². The maximum Gasteiger partial charge on any atom is 0.498 e. The second kappa shape index (κ2) is 3.34. The maximum atomic E-state index is 5.96. The molecular formula is C11H17BN2O2. The summed E-state index contributed by atoms with van der Waals surface area (Å²) in [5.41, 5.74) is 2.20. The van der Waals surface area contributed by atoms with Crippen LogP contribution in [0.2, 0.25) is 0 Å². The van der Waals surface area contributed by atoms with Crippen LogP contribution in [0, 0.1) is 0 Å². The van der Waals surface area contributed by atoms with Gasteiger partial charge in [0.1, 0.15) is 0 Å². The highest BCUT2D eigenvalue weighted by atomic mass is 16.7. The van der Waals surface area contributed by atoms with Gasteiger partial charge in [0.05, 0.1) is 11.7 Å². The van der Waals surface area contributed by atoms with Gasteiger partial charge in [-0.2, -0.15) is 5.10 Å². The first-order valence-electron chi connectivity index (χ1n) is 5.96. The summed E-state index contributed by atoms with van der Waals surface area (Å²) < 4.78 is 13.9. The van der Waals surface area contributed by atoms with Crippen LogP contribution in [0.4, 0.5) is 0 Å². The number of hydrogen-bond donors (Lipinski definition) is 0. The molecule has 0 amide bonds. The van der Waals surface area contributed by atoms with Crippen LogP contribution in [0.15, 0.2) is 6.20 Å². The first-order chi connectivity index (χ1) is 7.58. The van der Waals surface area contributed by atoms with E-state index in [1.54, 1.807) is 0 Å². The molecular weight excluding hydrogens is 203 g/mol. The third-order valence-electron chi connectivity index (χ3n) is 3.74. The maximum absolute atomic E-state index is 5.96. The van der Waals surface area contributed by atoms with Gasteiger partial charge in [-0.1, -0.05) is 0 Å². The zero-order valence-corrected chi connectivity index (χ0v) is 10.1. The first kappa shape index (κ1) is 10.4. The molecule has 3 rings (SSSR count). The molecule has 1 unspecified atom stereocenters. The molecule has 2 aliphatic heterocycles. The van der Waals surface area contributed by atoms with Crippen molar-refractivity contribution in [3.8, 4) is 0 Å². The average Bonchev–Trinajstić information content (AvgIpc) is 2.80. The zero-order valence-electron chi connectivity index (χ0n) is 10.1. The quantitative estimate of drug-likeness (QED) is 0.655. The van der Waals surface area contributed by atoms with E-state index in [4.69, 9.17) is 9.31 Å². The Morgan fingerprint density at radius 2 is 2.38 bits per heavy atom. The van der Waals surface area contributed by atoms with Crippen LogP contribution in [-0.4, -0.2) is 28.6 Å². The van der Waals surface area contributed by atoms with E-state index in [9.17, 15) is 0 Å². The molecule has 0 spiro atoms. The summed E-state index contributed by atoms with van der Waals surface area (Å²) in [6.07, 6.45) is 4.29. The Labute approximate surface area is 96.1 Å². The fourth-order valence-electron chi connectivity index (χ4n) is 2.37. The number of rotatable bonds is 1. The summed E-state index contributed by atoms with van der Waals surface area (Å²) in [4.78, 5) is 0. The van der Waals surface area contributed by atoms with Gasteiger partial charge < -0.3 is 9.31 Å². The summed E-state index contributed by atoms with van der Waals surface area (Å²) in [6.45, 7) is 7.23. The number of fused-ring (bicyclic) bond motifs is 1. The lowest BCUT2D eigenvalue weighted by molar-refractivity contribution is 0.0842. The average molecular weight is 220 g/mol. The largest absolute Gasteiger partial charge is 0.498 e. The Balaban J connectivity index is 1.89. The van der Waals surface area contributed by atoms with Gasteiger partial charge in [-0.05, 0) is 33.6 Å². The summed E-state index contributed by atoms with van der Waals surface area (Å²) in [5.74, 6) is 0. The molecule has 16 heavy (non-hydrogen) atoms. The molecule has 86 valence electrons. The highest BCUT2D eigenvalue weighted by Gasteiger charge is 2.45. The van der Waals surface area contributed by atoms with E-state index < -0.39 is 0 Å². The minimum atomic E-state index is -0.230. The van der Waals surface area contributed by atoms with Crippen LogP contribution >= 0.6 is 0 Å². The number of nitrogens with zero attached hydrogens (tertiary/aromatic N) is 2. The molecule has 1 aromatic rings. The molecule has 0 radical (unpaired) electrons. The van der Waals surface area contributed by atoms with Crippen LogP contribution in [-0.2, 0) is 22.3 Å². The third-order valence-corrected chi connectivity index (χ3v) is 3.74. The van der Waals surface area contributed by atoms with Crippen molar-refractivity contribution in [2.75, 3.05) is 0 Å². The number of aromatic nitrogens is 2. The van der Waals surface area contributed by atoms with E-state index in [1.165, 1.54) is 12.1 Å². The lowest BCUT2D eigenvalue weighted by Gasteiger charge is -2.21. The van der Waals surface area contributed by atoms with Gasteiger partial charge >= 0.3 is 7.12 Å². The minimum Gasteiger partial charge on any atom is -0.402 e. The summed E-state index contributed by atoms with van der Waals surface area (Å²) >= 11 is 0. The molecule has 3 heterocycles. The summed E-state index contributed by atoms with van der Waals surface area (Å²) in [7, 11) is -0.230. The van der Waals surface area contributed by atoms with Crippen molar-refractivity contribution in [3.63, 3.8) is 0 Å². The van der Waals surface area contributed by atoms with Crippen LogP contribution < -0.4 is 5.46 Å². The predicted octanol–water partition coefficient (Wildman–Crippen LogP) is 0.738. The molecule has 0 bridgehead atoms. The van der Waals surface area contributed by atoms with Crippen molar-refractivity contribution in [1.82, 2.24) is 9.78 Å². The topological polar surface area (TPSA) is 36.3 Å². The van der Waals surface area contributed by atoms with Gasteiger partial charge in [0.25, 0.3) is 0 Å². The molecule has 1 aromatic heterocycles. The zero-order chi connectivity index (χ0) is 11.3. The summed E-state index contributed by atoms with van der Waals surface area (Å²) in [5, 5.41) is 4.37. The van der Waals surface area contributed by atoms with E-state index in [0.29, 0.717) is 0 Å². The Kier molecular flexibility index (Phi) is 2.16. The van der Waals surface area contributed by atoms with Crippen LogP contribution in [0.5, 0.6) is 0 Å². The van der Waals surface area contributed by atoms with Gasteiger partial charge in [-0.15, -0.1) is 0 Å². The van der Waals surface area contributed by atoms with Crippen molar-refractivity contribution < 1.29 is 9.31 Å². The highest BCUT2D eigenvalue weighted by molar-refractivity contribution is 6.62. The van der Waals surface area contributed by atoms with Crippen molar-refractivity contribution in [2.24, 2.45) is 0 Å². The van der Waals surface area contributed by atoms with E-state index in [-0.39, 0.29) is 18.8 Å². The normalized spacial score (nSPS) is 27.4. The molecule has 0 saturated carbocycles. The molecule has 1 fully saturated rings. The van der Waals surface area contributed by atoms with Gasteiger partial charge in [0, 0.05) is 23.9 Å². The third kappa shape index (κ3) is 1.42. The Morgan fingerprint density at radius 3 is 3.06 bits per heavy atom. The molecule has 1 atom stereocenters. The minimum absolute atomic E-state index is 0.120. The van der Waals surface area contributed by atoms with Crippen molar-refractivity contribution in [2.45, 2.75) is 51.9 Å². The van der Waals surface area contributed by atoms with Gasteiger partial charge in [-0.25, -0.2) is 0 Å². The predicted molar refractivity (Wildman–Crippen MR) is 61.6 cm³/mol. The first-order valence-corrected chi connectivity index (χ1v) is 5.96. The number of aryl methyl sites for hydroxylation is 1. The molecule has 1 saturated heterocycles. The van der Waals surface area contributed by atoms with Crippen LogP contribution in [0.25, 0.3) is 0 Å². The summed E-state index contributed by atoms with van der Waals surface area (Å²) in [6, 6.07) is 0. The van der Waals surface area contributed by atoms with E-state index in [0.717, 1.165) is 18.4 Å². The fraction of sp³-hybridized carbons (Fsp3) is 0.727. The van der Waals surface area contributed by atoms with Gasteiger partial charge in [-0.3, -0.25) is 4.68 Å². The smallest absolute Gasteiger partial charge is 0.402 e. The molecule has 4 nitrogen and oxygen atoms in total. The SMILES string of the molecule is CC1OB(c2cnn3c2CCC3)OC1(C)C. The molecule has 0 aliphatic carbocycles. The Hall–Kier alpha value is -0.805. The van der Waals surface area contributed by atoms with Crippen LogP contribution in [0.3, 0.4) is 0 Å². The van der Waals surface area contributed by atoms with Gasteiger partial charge in [0.2, 0.25) is 0 Å². The molecule has 0 aromatic carbocycles. The fourth-order valence-corrected chi connectivity index (χ4v) is 2.37. The van der Waals surface area contributed by atoms with Crippen molar-refractivity contribution in [1.29, 1.82) is 0 Å². The second-order valence-corrected chi connectivity index (χ2v) is 5.20. The van der Waals surface area contributed by atoms with E-state index >= 15 is 0 Å². The standard InChI is InChI=1S/C11H17BN2O2/c1-8-11(2,3)16-12(15-8)9-7-13-14-6-4-5-10(9)14/h7-8H,4-6H2,1-3H3. The Morgan fingerprint density at radius 1 is 1.56 bits per heavy atom. The lowest BCUT2D eigenvalue weighted by atomic mass is 9.79. The van der Waals surface area contributed by atoms with Crippen molar-refractivity contribution in [3.05, 3.63) is 11.9 Å². The highest BCUT2D eigenvalue weighted by Crippen LogP contribution is 2.27. The number of hydrogen-bond acceptors (Lipinski definition) is 3. The Bertz CT molecular complexity index is 416. The molecule has 0 N–H and O–H groups in total. The molecule has 2 aliphatic rings.